The molecular weight excluding hydrogens is 242 g/mol. The zero-order valence-corrected chi connectivity index (χ0v) is 14.6. The molecule has 110 valence electrons. The Morgan fingerprint density at radius 2 is 1.44 bits per heavy atom. The Kier molecular flexibility index (Phi) is 21.2. The van der Waals surface area contributed by atoms with Crippen LogP contribution in [-0.2, 0) is 4.79 Å². The van der Waals surface area contributed by atoms with Gasteiger partial charge in [-0.3, -0.25) is 4.99 Å². The van der Waals surface area contributed by atoms with Gasteiger partial charge in [0.2, 0.25) is 0 Å². The van der Waals surface area contributed by atoms with Crippen LogP contribution in [0.25, 0.3) is 0 Å². The number of Topliss-reactive ketones (excluding diaryl/α,β-unsaturated/α-hetero) is 1. The maximum Gasteiger partial charge on any atom is 0.126 e. The zero-order chi connectivity index (χ0) is 15.1. The number of aliphatic imine (C=N–C) groups is 1. The summed E-state index contributed by atoms with van der Waals surface area (Å²) in [4.78, 5) is 14.2. The zero-order valence-electron chi connectivity index (χ0n) is 13.8. The number of thioether (sulfide) groups is 1. The topological polar surface area (TPSA) is 29.4 Å². The summed E-state index contributed by atoms with van der Waals surface area (Å²) < 4.78 is 0. The van der Waals surface area contributed by atoms with Crippen molar-refractivity contribution in [2.24, 2.45) is 10.9 Å². The molecule has 0 radical (unpaired) electrons. The molecule has 0 unspecified atom stereocenters. The van der Waals surface area contributed by atoms with Crippen molar-refractivity contribution in [3.63, 3.8) is 0 Å². The third-order valence-corrected chi connectivity index (χ3v) is 2.95. The predicted octanol–water partition coefficient (Wildman–Crippen LogP) is 5.21. The lowest BCUT2D eigenvalue weighted by atomic mass is 10.2. The molecule has 0 fully saturated rings. The van der Waals surface area contributed by atoms with Crippen molar-refractivity contribution in [1.29, 1.82) is 0 Å². The van der Waals surface area contributed by atoms with Crippen molar-refractivity contribution < 1.29 is 4.79 Å². The van der Waals surface area contributed by atoms with Crippen molar-refractivity contribution >= 4 is 22.6 Å². The average molecular weight is 276 g/mol. The second-order valence-electron chi connectivity index (χ2n) is 4.20. The Hall–Kier alpha value is -0.310. The van der Waals surface area contributed by atoms with Crippen molar-refractivity contribution in [2.45, 2.75) is 74.3 Å². The molecule has 0 saturated heterocycles. The molecule has 2 nitrogen and oxygen atoms in total. The number of nitrogens with zero attached hydrogens (tertiary/aromatic N) is 1. The maximum absolute atomic E-state index is 9.44. The van der Waals surface area contributed by atoms with E-state index < -0.39 is 0 Å². The highest BCUT2D eigenvalue weighted by molar-refractivity contribution is 8.13. The van der Waals surface area contributed by atoms with E-state index >= 15 is 0 Å². The standard InChI is InChI=1S/C10H21NS.C3H6O.C2H6/c1-6-9(7-2)11-10(12-5)8(3)4;1-3(2)4;1-2/h8-9H,6-7H2,1-5H3;1-2H3;1-2H3. The Labute approximate surface area is 119 Å². The van der Waals surface area contributed by atoms with Gasteiger partial charge in [-0.05, 0) is 32.9 Å². The van der Waals surface area contributed by atoms with Crippen LogP contribution in [0.5, 0.6) is 0 Å². The highest BCUT2D eigenvalue weighted by atomic mass is 32.2. The molecule has 0 heterocycles. The van der Waals surface area contributed by atoms with Crippen molar-refractivity contribution in [2.75, 3.05) is 6.26 Å². The van der Waals surface area contributed by atoms with Crippen molar-refractivity contribution in [1.82, 2.24) is 0 Å². The lowest BCUT2D eigenvalue weighted by molar-refractivity contribution is -0.114. The fraction of sp³-hybridized carbons (Fsp3) is 0.867. The summed E-state index contributed by atoms with van der Waals surface area (Å²) in [5, 5.41) is 1.30. The SMILES string of the molecule is CC.CC(C)=O.CCC(CC)N=C(SC)C(C)C. The smallest absolute Gasteiger partial charge is 0.126 e. The minimum absolute atomic E-state index is 0.167. The molecule has 0 aliphatic carbocycles. The second-order valence-corrected chi connectivity index (χ2v) is 5.03. The maximum atomic E-state index is 9.44. The molecule has 0 rings (SSSR count). The average Bonchev–Trinajstić information content (AvgIpc) is 2.32. The first-order valence-corrected chi connectivity index (χ1v) is 8.20. The van der Waals surface area contributed by atoms with E-state index in [1.165, 1.54) is 18.9 Å². The molecule has 0 atom stereocenters. The Bertz CT molecular complexity index is 205. The molecule has 0 amide bonds. The molecular formula is C15H33NOS. The van der Waals surface area contributed by atoms with E-state index in [4.69, 9.17) is 4.99 Å². The summed E-state index contributed by atoms with van der Waals surface area (Å²) >= 11 is 1.79. The summed E-state index contributed by atoms with van der Waals surface area (Å²) in [7, 11) is 0. The fourth-order valence-corrected chi connectivity index (χ4v) is 1.81. The van der Waals surface area contributed by atoms with E-state index in [2.05, 4.69) is 34.0 Å². The molecule has 0 spiro atoms. The third kappa shape index (κ3) is 18.1. The monoisotopic (exact) mass is 275 g/mol. The fourth-order valence-electron chi connectivity index (χ4n) is 1.09. The Morgan fingerprint density at radius 1 is 1.11 bits per heavy atom. The summed E-state index contributed by atoms with van der Waals surface area (Å²) in [6.45, 7) is 15.9. The van der Waals surface area contributed by atoms with E-state index in [0.29, 0.717) is 12.0 Å². The van der Waals surface area contributed by atoms with E-state index in [-0.39, 0.29) is 5.78 Å². The van der Waals surface area contributed by atoms with Gasteiger partial charge in [0.25, 0.3) is 0 Å². The molecule has 0 bridgehead atoms. The van der Waals surface area contributed by atoms with Crippen LogP contribution >= 0.6 is 11.8 Å². The number of ketones is 1. The van der Waals surface area contributed by atoms with Gasteiger partial charge in [0.05, 0.1) is 11.1 Å². The number of hydrogen-bond acceptors (Lipinski definition) is 3. The van der Waals surface area contributed by atoms with E-state index in [1.54, 1.807) is 11.8 Å². The van der Waals surface area contributed by atoms with Gasteiger partial charge in [0.15, 0.2) is 0 Å². The van der Waals surface area contributed by atoms with Crippen LogP contribution in [0.2, 0.25) is 0 Å². The summed E-state index contributed by atoms with van der Waals surface area (Å²) in [5.41, 5.74) is 0. The predicted molar refractivity (Wildman–Crippen MR) is 87.9 cm³/mol. The van der Waals surface area contributed by atoms with Crippen molar-refractivity contribution in [3.05, 3.63) is 0 Å². The molecule has 0 aliphatic rings. The lowest BCUT2D eigenvalue weighted by Gasteiger charge is -2.12. The van der Waals surface area contributed by atoms with E-state index in [0.717, 1.165) is 12.8 Å². The Morgan fingerprint density at radius 3 is 1.61 bits per heavy atom. The van der Waals surface area contributed by atoms with Gasteiger partial charge in [-0.25, -0.2) is 0 Å². The summed E-state index contributed by atoms with van der Waals surface area (Å²) in [6.07, 6.45) is 4.43. The second kappa shape index (κ2) is 16.7. The lowest BCUT2D eigenvalue weighted by Crippen LogP contribution is -2.09. The van der Waals surface area contributed by atoms with Gasteiger partial charge in [0.1, 0.15) is 5.78 Å². The van der Waals surface area contributed by atoms with Gasteiger partial charge >= 0.3 is 0 Å². The van der Waals surface area contributed by atoms with Gasteiger partial charge in [-0.2, -0.15) is 0 Å². The van der Waals surface area contributed by atoms with Crippen molar-refractivity contribution in [3.8, 4) is 0 Å². The minimum atomic E-state index is 0.167. The van der Waals surface area contributed by atoms with E-state index in [1.807, 2.05) is 13.8 Å². The molecule has 0 aliphatic heterocycles. The van der Waals surface area contributed by atoms with Crippen LogP contribution in [-0.4, -0.2) is 23.1 Å². The molecule has 0 saturated carbocycles. The number of carbonyl (C=O) groups excluding carboxylic acids is 1. The minimum Gasteiger partial charge on any atom is -0.300 e. The third-order valence-electron chi connectivity index (χ3n) is 1.96. The van der Waals surface area contributed by atoms with Gasteiger partial charge in [0, 0.05) is 5.92 Å². The van der Waals surface area contributed by atoms with Gasteiger partial charge < -0.3 is 4.79 Å². The summed E-state index contributed by atoms with van der Waals surface area (Å²) in [5.74, 6) is 0.751. The van der Waals surface area contributed by atoms with Gasteiger partial charge in [-0.1, -0.05) is 41.5 Å². The van der Waals surface area contributed by atoms with Crippen LogP contribution in [0, 0.1) is 5.92 Å². The molecule has 0 N–H and O–H groups in total. The number of hydrogen-bond donors (Lipinski definition) is 0. The first-order valence-electron chi connectivity index (χ1n) is 6.97. The first-order chi connectivity index (χ1) is 8.38. The highest BCUT2D eigenvalue weighted by Crippen LogP contribution is 2.13. The number of carbonyl (C=O) groups is 1. The van der Waals surface area contributed by atoms with Crippen LogP contribution < -0.4 is 0 Å². The van der Waals surface area contributed by atoms with E-state index in [9.17, 15) is 4.79 Å². The molecule has 3 heteroatoms. The molecule has 0 aromatic heterocycles. The molecule has 0 aromatic rings. The summed E-state index contributed by atoms with van der Waals surface area (Å²) in [6, 6.07) is 0.537. The van der Waals surface area contributed by atoms with Crippen LogP contribution in [0.15, 0.2) is 4.99 Å². The van der Waals surface area contributed by atoms with Gasteiger partial charge in [-0.15, -0.1) is 11.8 Å². The van der Waals surface area contributed by atoms with Crippen LogP contribution in [0.3, 0.4) is 0 Å². The molecule has 0 aromatic carbocycles. The molecule has 18 heavy (non-hydrogen) atoms. The highest BCUT2D eigenvalue weighted by Gasteiger charge is 2.06. The van der Waals surface area contributed by atoms with Crippen LogP contribution in [0.4, 0.5) is 0 Å². The Balaban J connectivity index is -0.000000317. The largest absolute Gasteiger partial charge is 0.300 e. The first kappa shape index (κ1) is 22.8. The quantitative estimate of drug-likeness (QED) is 0.520. The van der Waals surface area contributed by atoms with Crippen LogP contribution in [0.1, 0.15) is 68.2 Å². The normalized spacial score (nSPS) is 10.5. The number of rotatable bonds is 4.